The number of para-hydroxylation sites is 2. The highest BCUT2D eigenvalue weighted by Gasteiger charge is 2.33. The molecule has 0 N–H and O–H groups in total. The van der Waals surface area contributed by atoms with Crippen LogP contribution in [0.3, 0.4) is 0 Å². The Labute approximate surface area is 276 Å². The number of hydrogen-bond donors (Lipinski definition) is 0. The zero-order valence-corrected chi connectivity index (χ0v) is 27.1. The summed E-state index contributed by atoms with van der Waals surface area (Å²) >= 11 is 0. The van der Waals surface area contributed by atoms with E-state index in [1.807, 2.05) is 0 Å². The summed E-state index contributed by atoms with van der Waals surface area (Å²) in [5.74, 6) is 0. The summed E-state index contributed by atoms with van der Waals surface area (Å²) in [7, 11) is 4.35. The average molecular weight is 611 g/mol. The molecule has 0 spiro atoms. The van der Waals surface area contributed by atoms with Crippen molar-refractivity contribution in [2.45, 2.75) is 13.6 Å². The lowest BCUT2D eigenvalue weighted by Crippen LogP contribution is -2.47. The maximum atomic E-state index is 2.41. The largest absolute Gasteiger partial charge is 0.319 e. The number of aromatic nitrogens is 1. The molecule has 2 aliphatic heterocycles. The molecule has 2 aliphatic rings. The molecule has 7 aromatic rings. The van der Waals surface area contributed by atoms with E-state index in [0.29, 0.717) is 0 Å². The van der Waals surface area contributed by atoms with E-state index in [2.05, 4.69) is 192 Å². The standard InChI is InChI=1S/C27H23N2.C16H15N2/c1-28-20-29(23-16-9-4-10-17-23)26(22-14-7-3-8-15-22)25-19-11-18-24(27(25)28)21-12-5-2-6-13-21;1-11-6-7-13-9-8-12-4-3-5-14-15(12)16(13)18(11)10-17(14)2/h2-19H,20H2,1H3;3-9H,10H2,1-2H3/q2*+1. The number of rotatable bonds is 3. The second kappa shape index (κ2) is 11.9. The topological polar surface area (TPSA) is 13.4 Å². The lowest BCUT2D eigenvalue weighted by Gasteiger charge is -2.29. The first-order valence-corrected chi connectivity index (χ1v) is 16.3. The van der Waals surface area contributed by atoms with Gasteiger partial charge in [0.05, 0.1) is 22.3 Å². The molecule has 6 aromatic carbocycles. The molecule has 0 radical (unpaired) electrons. The van der Waals surface area contributed by atoms with Crippen LogP contribution in [0.2, 0.25) is 0 Å². The molecule has 4 heteroatoms. The van der Waals surface area contributed by atoms with E-state index in [1.54, 1.807) is 0 Å². The van der Waals surface area contributed by atoms with Crippen LogP contribution in [0, 0.1) is 6.92 Å². The summed E-state index contributed by atoms with van der Waals surface area (Å²) in [6.45, 7) is 3.91. The van der Waals surface area contributed by atoms with Gasteiger partial charge in [-0.05, 0) is 47.3 Å². The van der Waals surface area contributed by atoms with Crippen molar-refractivity contribution >= 4 is 44.4 Å². The molecule has 0 saturated heterocycles. The zero-order valence-electron chi connectivity index (χ0n) is 27.1. The van der Waals surface area contributed by atoms with Crippen molar-refractivity contribution in [1.29, 1.82) is 0 Å². The molecule has 228 valence electrons. The Morgan fingerprint density at radius 3 is 1.87 bits per heavy atom. The van der Waals surface area contributed by atoms with E-state index < -0.39 is 0 Å². The summed E-state index contributed by atoms with van der Waals surface area (Å²) in [5, 5.41) is 4.03. The molecule has 3 heterocycles. The van der Waals surface area contributed by atoms with E-state index in [-0.39, 0.29) is 0 Å². The number of pyridine rings is 1. The quantitative estimate of drug-likeness (QED) is 0.146. The van der Waals surface area contributed by atoms with Crippen molar-refractivity contribution in [1.82, 2.24) is 0 Å². The van der Waals surface area contributed by atoms with Gasteiger partial charge in [0, 0.05) is 55.7 Å². The summed E-state index contributed by atoms with van der Waals surface area (Å²) < 4.78 is 4.82. The van der Waals surface area contributed by atoms with Crippen LogP contribution in [0.4, 0.5) is 17.1 Å². The maximum Gasteiger partial charge on any atom is 0.224 e. The van der Waals surface area contributed by atoms with Gasteiger partial charge in [-0.2, -0.15) is 9.14 Å². The number of nitrogens with zero attached hydrogens (tertiary/aromatic N) is 4. The van der Waals surface area contributed by atoms with Crippen LogP contribution in [0.25, 0.3) is 32.8 Å². The lowest BCUT2D eigenvalue weighted by atomic mass is 9.92. The van der Waals surface area contributed by atoms with Crippen molar-refractivity contribution < 1.29 is 9.14 Å². The molecule has 47 heavy (non-hydrogen) atoms. The Kier molecular flexibility index (Phi) is 7.26. The van der Waals surface area contributed by atoms with Crippen LogP contribution >= 0.6 is 0 Å². The number of hydrogen-bond acceptors (Lipinski definition) is 2. The van der Waals surface area contributed by atoms with Gasteiger partial charge >= 0.3 is 0 Å². The van der Waals surface area contributed by atoms with E-state index in [0.717, 1.165) is 13.3 Å². The van der Waals surface area contributed by atoms with Crippen molar-refractivity contribution in [2.24, 2.45) is 0 Å². The molecule has 4 nitrogen and oxygen atoms in total. The molecular formula is C43H38N4+2. The van der Waals surface area contributed by atoms with E-state index in [1.165, 1.54) is 72.4 Å². The Balaban J connectivity index is 0.000000153. The van der Waals surface area contributed by atoms with Crippen molar-refractivity contribution in [3.05, 3.63) is 168 Å². The van der Waals surface area contributed by atoms with Gasteiger partial charge < -0.3 is 9.80 Å². The number of aryl methyl sites for hydroxylation is 1. The highest BCUT2D eigenvalue weighted by Crippen LogP contribution is 2.38. The summed E-state index contributed by atoms with van der Waals surface area (Å²) in [5.41, 5.74) is 12.8. The molecule has 0 amide bonds. The Hall–Kier alpha value is -5.74. The van der Waals surface area contributed by atoms with E-state index in [9.17, 15) is 0 Å². The van der Waals surface area contributed by atoms with Crippen LogP contribution in [0.15, 0.2) is 152 Å². The van der Waals surface area contributed by atoms with Crippen LogP contribution < -0.4 is 14.4 Å². The molecule has 0 saturated carbocycles. The lowest BCUT2D eigenvalue weighted by molar-refractivity contribution is -0.676. The summed E-state index contributed by atoms with van der Waals surface area (Å²) in [4.78, 5) is 4.68. The van der Waals surface area contributed by atoms with Gasteiger partial charge in [0.15, 0.2) is 5.69 Å². The third-order valence-corrected chi connectivity index (χ3v) is 9.49. The van der Waals surface area contributed by atoms with Gasteiger partial charge in [0.1, 0.15) is 0 Å². The van der Waals surface area contributed by atoms with Crippen LogP contribution in [-0.4, -0.2) is 31.1 Å². The number of benzene rings is 6. The highest BCUT2D eigenvalue weighted by molar-refractivity contribution is 6.16. The molecule has 1 aromatic heterocycles. The van der Waals surface area contributed by atoms with Crippen LogP contribution in [0.5, 0.6) is 0 Å². The fraction of sp³-hybridized carbons (Fsp3) is 0.116. The Morgan fingerprint density at radius 1 is 0.511 bits per heavy atom. The van der Waals surface area contributed by atoms with E-state index >= 15 is 0 Å². The van der Waals surface area contributed by atoms with Gasteiger partial charge in [-0.25, -0.2) is 0 Å². The first-order valence-electron chi connectivity index (χ1n) is 16.3. The fourth-order valence-electron chi connectivity index (χ4n) is 7.27. The third kappa shape index (κ3) is 5.03. The van der Waals surface area contributed by atoms with Gasteiger partial charge in [-0.3, -0.25) is 0 Å². The first-order chi connectivity index (χ1) is 23.1. The minimum absolute atomic E-state index is 0.797. The highest BCUT2D eigenvalue weighted by atomic mass is 15.3. The molecule has 0 atom stereocenters. The normalized spacial score (nSPS) is 13.5. The minimum atomic E-state index is 0.797. The SMILES string of the molecule is CN1C[N+](c2ccccc2)=C(c2ccccc2)c2cccc(-c3ccccc3)c21.Cc1ccc2ccc3cccc4c3c2[n+]1CN4C. The predicted octanol–water partition coefficient (Wildman–Crippen LogP) is 8.94. The monoisotopic (exact) mass is 610 g/mol. The molecule has 0 unspecified atom stereocenters. The van der Waals surface area contributed by atoms with Crippen molar-refractivity contribution in [3.8, 4) is 11.1 Å². The van der Waals surface area contributed by atoms with Gasteiger partial charge in [-0.1, -0.05) is 97.1 Å². The minimum Gasteiger partial charge on any atom is -0.319 e. The molecule has 9 rings (SSSR count). The van der Waals surface area contributed by atoms with E-state index in [4.69, 9.17) is 0 Å². The molecule has 0 fully saturated rings. The van der Waals surface area contributed by atoms with Crippen LogP contribution in [0.1, 0.15) is 16.8 Å². The Morgan fingerprint density at radius 2 is 1.13 bits per heavy atom. The summed E-state index contributed by atoms with van der Waals surface area (Å²) in [6, 6.07) is 54.1. The second-order valence-electron chi connectivity index (χ2n) is 12.5. The number of anilines is 2. The van der Waals surface area contributed by atoms with Crippen LogP contribution in [-0.2, 0) is 6.67 Å². The average Bonchev–Trinajstić information content (AvgIpc) is 3.13. The third-order valence-electron chi connectivity index (χ3n) is 9.49. The number of fused-ring (bicyclic) bond motifs is 1. The smallest absolute Gasteiger partial charge is 0.224 e. The summed E-state index contributed by atoms with van der Waals surface area (Å²) in [6.07, 6.45) is 0. The fourth-order valence-corrected chi connectivity index (χ4v) is 7.27. The molecule has 0 aliphatic carbocycles. The second-order valence-corrected chi connectivity index (χ2v) is 12.5. The molecular weight excluding hydrogens is 573 g/mol. The molecule has 0 bridgehead atoms. The maximum absolute atomic E-state index is 2.41. The van der Waals surface area contributed by atoms with Crippen molar-refractivity contribution in [2.75, 3.05) is 30.6 Å². The Bertz CT molecular complexity index is 2280. The van der Waals surface area contributed by atoms with Gasteiger partial charge in [0.2, 0.25) is 30.3 Å². The predicted molar refractivity (Wildman–Crippen MR) is 196 cm³/mol. The first kappa shape index (κ1) is 28.7. The van der Waals surface area contributed by atoms with Gasteiger partial charge in [0.25, 0.3) is 0 Å². The van der Waals surface area contributed by atoms with Crippen molar-refractivity contribution in [3.63, 3.8) is 0 Å². The zero-order chi connectivity index (χ0) is 31.9. The van der Waals surface area contributed by atoms with Gasteiger partial charge in [-0.15, -0.1) is 0 Å².